The summed E-state index contributed by atoms with van der Waals surface area (Å²) < 4.78 is 4.26. The largest absolute Gasteiger partial charge is 0.480 e. The van der Waals surface area contributed by atoms with Crippen LogP contribution in [0.3, 0.4) is 0 Å². The van der Waals surface area contributed by atoms with Crippen molar-refractivity contribution in [1.29, 1.82) is 0 Å². The van der Waals surface area contributed by atoms with Gasteiger partial charge in [0.2, 0.25) is 7.85 Å². The van der Waals surface area contributed by atoms with Gasteiger partial charge in [-0.15, -0.1) is 0 Å². The van der Waals surface area contributed by atoms with Crippen molar-refractivity contribution in [2.75, 3.05) is 7.11 Å². The van der Waals surface area contributed by atoms with Gasteiger partial charge in [-0.3, -0.25) is 9.59 Å². The zero-order valence-electron chi connectivity index (χ0n) is 7.36. The van der Waals surface area contributed by atoms with E-state index in [1.165, 1.54) is 7.85 Å². The second-order valence-corrected chi connectivity index (χ2v) is 2.37. The molecule has 13 heavy (non-hydrogen) atoms. The predicted octanol–water partition coefficient (Wildman–Crippen LogP) is -1.65. The summed E-state index contributed by atoms with van der Waals surface area (Å²) in [4.78, 5) is 31.6. The summed E-state index contributed by atoms with van der Waals surface area (Å²) in [6.45, 7) is 0. The summed E-state index contributed by atoms with van der Waals surface area (Å²) in [5.74, 6) is -2.45. The number of rotatable bonds is 4. The Kier molecular flexibility index (Phi) is 4.57. The summed E-state index contributed by atoms with van der Waals surface area (Å²) in [5.41, 5.74) is 0. The van der Waals surface area contributed by atoms with E-state index < -0.39 is 23.8 Å². The minimum atomic E-state index is -1.26. The van der Waals surface area contributed by atoms with Gasteiger partial charge in [0.25, 0.3) is 0 Å². The summed E-state index contributed by atoms with van der Waals surface area (Å²) >= 11 is 0. The first-order chi connectivity index (χ1) is 5.97. The first-order valence-electron chi connectivity index (χ1n) is 3.54. The first-order valence-corrected chi connectivity index (χ1v) is 3.54. The third kappa shape index (κ3) is 4.83. The lowest BCUT2D eigenvalue weighted by atomic mass is 10.1. The molecule has 0 fully saturated rings. The number of aliphatic carboxylic acids is 1. The average molecular weight is 187 g/mol. The molecule has 0 aliphatic heterocycles. The fourth-order valence-corrected chi connectivity index (χ4v) is 0.695. The molecule has 0 aromatic heterocycles. The third-order valence-corrected chi connectivity index (χ3v) is 1.27. The van der Waals surface area contributed by atoms with Crippen molar-refractivity contribution < 1.29 is 24.2 Å². The molecule has 0 bridgehead atoms. The number of ether oxygens (including phenoxy) is 1. The van der Waals surface area contributed by atoms with Crippen LogP contribution in [0.15, 0.2) is 0 Å². The van der Waals surface area contributed by atoms with E-state index in [0.29, 0.717) is 0 Å². The van der Waals surface area contributed by atoms with E-state index in [9.17, 15) is 14.4 Å². The van der Waals surface area contributed by atoms with Crippen LogP contribution in [-0.2, 0) is 14.3 Å². The van der Waals surface area contributed by atoms with Crippen molar-refractivity contribution in [1.82, 2.24) is 5.32 Å². The van der Waals surface area contributed by atoms with Gasteiger partial charge in [-0.1, -0.05) is 0 Å². The molecule has 1 unspecified atom stereocenters. The highest BCUT2D eigenvalue weighted by atomic mass is 16.5. The number of carbonyl (C=O) groups is 3. The number of amides is 1. The van der Waals surface area contributed by atoms with Crippen LogP contribution in [0, 0.1) is 0 Å². The normalized spacial score (nSPS) is 11.5. The van der Waals surface area contributed by atoms with Gasteiger partial charge in [0, 0.05) is 0 Å². The zero-order valence-corrected chi connectivity index (χ0v) is 7.36. The summed E-state index contributed by atoms with van der Waals surface area (Å²) in [7, 11) is 2.32. The highest BCUT2D eigenvalue weighted by molar-refractivity contribution is 6.57. The molecule has 0 saturated heterocycles. The second kappa shape index (κ2) is 5.18. The quantitative estimate of drug-likeness (QED) is 0.406. The Bertz CT molecular complexity index is 229. The maximum atomic E-state index is 10.7. The summed E-state index contributed by atoms with van der Waals surface area (Å²) in [5, 5.41) is 10.6. The fourth-order valence-electron chi connectivity index (χ4n) is 0.695. The van der Waals surface area contributed by atoms with Gasteiger partial charge in [0.05, 0.1) is 13.5 Å². The van der Waals surface area contributed by atoms with Gasteiger partial charge < -0.3 is 15.2 Å². The van der Waals surface area contributed by atoms with Crippen molar-refractivity contribution in [2.24, 2.45) is 0 Å². The SMILES string of the molecule is BC(=O)NC(CC(=O)OC)C(=O)O. The highest BCUT2D eigenvalue weighted by Crippen LogP contribution is 1.94. The molecule has 72 valence electrons. The lowest BCUT2D eigenvalue weighted by Crippen LogP contribution is -2.41. The minimum absolute atomic E-state index is 0.370. The Morgan fingerprint density at radius 2 is 2.08 bits per heavy atom. The number of methoxy groups -OCH3 is 1. The Morgan fingerprint density at radius 3 is 2.38 bits per heavy atom. The van der Waals surface area contributed by atoms with E-state index in [2.05, 4.69) is 10.1 Å². The lowest BCUT2D eigenvalue weighted by molar-refractivity contribution is -0.147. The minimum Gasteiger partial charge on any atom is -0.480 e. The van der Waals surface area contributed by atoms with Crippen molar-refractivity contribution in [2.45, 2.75) is 12.5 Å². The predicted molar refractivity (Wildman–Crippen MR) is 45.1 cm³/mol. The molecular weight excluding hydrogens is 177 g/mol. The van der Waals surface area contributed by atoms with Crippen LogP contribution in [0.2, 0.25) is 0 Å². The molecule has 1 atom stereocenters. The number of nitrogens with one attached hydrogen (secondary N) is 1. The van der Waals surface area contributed by atoms with Crippen molar-refractivity contribution in [3.8, 4) is 0 Å². The van der Waals surface area contributed by atoms with Gasteiger partial charge in [-0.25, -0.2) is 4.79 Å². The Labute approximate surface area is 75.7 Å². The smallest absolute Gasteiger partial charge is 0.326 e. The van der Waals surface area contributed by atoms with Crippen LogP contribution in [0.5, 0.6) is 0 Å². The van der Waals surface area contributed by atoms with Crippen molar-refractivity contribution >= 4 is 25.6 Å². The highest BCUT2D eigenvalue weighted by Gasteiger charge is 2.21. The molecule has 0 aliphatic rings. The maximum Gasteiger partial charge on any atom is 0.326 e. The molecule has 6 nitrogen and oxygen atoms in total. The Hall–Kier alpha value is -1.53. The van der Waals surface area contributed by atoms with Crippen LogP contribution in [0.25, 0.3) is 0 Å². The third-order valence-electron chi connectivity index (χ3n) is 1.27. The lowest BCUT2D eigenvalue weighted by Gasteiger charge is -2.11. The van der Waals surface area contributed by atoms with Gasteiger partial charge >= 0.3 is 11.9 Å². The Balaban J connectivity index is 4.18. The van der Waals surface area contributed by atoms with Crippen molar-refractivity contribution in [3.05, 3.63) is 0 Å². The maximum absolute atomic E-state index is 10.7. The molecule has 0 aromatic rings. The van der Waals surface area contributed by atoms with Crippen LogP contribution in [0.4, 0.5) is 4.79 Å². The molecule has 7 heteroatoms. The molecule has 0 aromatic carbocycles. The summed E-state index contributed by atoms with van der Waals surface area (Å²) in [6.07, 6.45) is -0.370. The summed E-state index contributed by atoms with van der Waals surface area (Å²) in [6, 6.07) is -1.22. The van der Waals surface area contributed by atoms with Gasteiger partial charge in [-0.05, 0) is 0 Å². The number of hydrogen-bond donors (Lipinski definition) is 2. The molecule has 0 spiro atoms. The van der Waals surface area contributed by atoms with Gasteiger partial charge in [0.1, 0.15) is 6.04 Å². The molecule has 2 N–H and O–H groups in total. The van der Waals surface area contributed by atoms with Crippen LogP contribution >= 0.6 is 0 Å². The van der Waals surface area contributed by atoms with Gasteiger partial charge in [0.15, 0.2) is 5.81 Å². The van der Waals surface area contributed by atoms with Crippen LogP contribution < -0.4 is 5.32 Å². The Morgan fingerprint density at radius 1 is 1.54 bits per heavy atom. The van der Waals surface area contributed by atoms with E-state index >= 15 is 0 Å². The first kappa shape index (κ1) is 11.5. The van der Waals surface area contributed by atoms with Crippen LogP contribution in [0.1, 0.15) is 6.42 Å². The molecule has 0 radical (unpaired) electrons. The van der Waals surface area contributed by atoms with E-state index in [4.69, 9.17) is 5.11 Å². The van der Waals surface area contributed by atoms with E-state index in [1.54, 1.807) is 0 Å². The topological polar surface area (TPSA) is 92.7 Å². The molecule has 0 aliphatic carbocycles. The van der Waals surface area contributed by atoms with Crippen LogP contribution in [-0.4, -0.2) is 43.8 Å². The molecular formula is C6H10BNO5. The monoisotopic (exact) mass is 187 g/mol. The molecule has 0 rings (SSSR count). The number of carboxylic acids is 1. The number of carbonyl (C=O) groups excluding carboxylic acids is 2. The number of carboxylic acid groups (broad SMARTS) is 1. The standard InChI is InChI=1S/C6H10BNO5/c1-13-4(9)2-3(5(10)11)8-6(7)12/h3H,2,7H2,1H3,(H,8,12)(H,10,11). The zero-order chi connectivity index (χ0) is 10.4. The molecule has 0 heterocycles. The fraction of sp³-hybridized carbons (Fsp3) is 0.500. The van der Waals surface area contributed by atoms with E-state index in [-0.39, 0.29) is 6.42 Å². The molecule has 1 amide bonds. The van der Waals surface area contributed by atoms with E-state index in [1.807, 2.05) is 0 Å². The van der Waals surface area contributed by atoms with E-state index in [0.717, 1.165) is 7.11 Å². The van der Waals surface area contributed by atoms with Gasteiger partial charge in [-0.2, -0.15) is 0 Å². The number of hydrogen-bond acceptors (Lipinski definition) is 4. The number of esters is 1. The molecule has 0 saturated carbocycles. The second-order valence-electron chi connectivity index (χ2n) is 2.37. The van der Waals surface area contributed by atoms with Crippen molar-refractivity contribution in [3.63, 3.8) is 0 Å². The average Bonchev–Trinajstić information content (AvgIpc) is 2.02.